The van der Waals surface area contributed by atoms with E-state index in [1.54, 1.807) is 30.5 Å². The van der Waals surface area contributed by atoms with Crippen molar-refractivity contribution in [2.45, 2.75) is 32.4 Å². The van der Waals surface area contributed by atoms with Crippen LogP contribution in [0.1, 0.15) is 28.1 Å². The van der Waals surface area contributed by atoms with Gasteiger partial charge < -0.3 is 9.47 Å². The second kappa shape index (κ2) is 9.89. The van der Waals surface area contributed by atoms with Crippen molar-refractivity contribution in [2.24, 2.45) is 0 Å². The van der Waals surface area contributed by atoms with Crippen LogP contribution in [0.15, 0.2) is 36.4 Å². The zero-order valence-electron chi connectivity index (χ0n) is 20.0. The number of nitrogens with zero attached hydrogens (tertiary/aromatic N) is 7. The van der Waals surface area contributed by atoms with Crippen LogP contribution in [-0.2, 0) is 25.4 Å². The van der Waals surface area contributed by atoms with Gasteiger partial charge in [0, 0.05) is 19.1 Å². The third-order valence-corrected chi connectivity index (χ3v) is 5.96. The highest BCUT2D eigenvalue weighted by atomic mass is 35.5. The Labute approximate surface area is 216 Å². The van der Waals surface area contributed by atoms with Crippen molar-refractivity contribution in [2.75, 3.05) is 19.0 Å². The quantitative estimate of drug-likeness (QED) is 0.277. The smallest absolute Gasteiger partial charge is 0.361 e. The molecular weight excluding hydrogens is 543 g/mol. The highest BCUT2D eigenvalue weighted by Gasteiger charge is 2.37. The first-order chi connectivity index (χ1) is 17.6. The van der Waals surface area contributed by atoms with E-state index in [1.807, 2.05) is 0 Å². The lowest BCUT2D eigenvalue weighted by Gasteiger charge is -2.18. The van der Waals surface area contributed by atoms with Crippen LogP contribution in [0, 0.1) is 12.7 Å². The van der Waals surface area contributed by atoms with Gasteiger partial charge in [-0.15, -0.1) is 15.3 Å². The number of hydrogen-bond donors (Lipinski definition) is 0. The molecule has 15 heteroatoms. The average molecular weight is 562 g/mol. The lowest BCUT2D eigenvalue weighted by molar-refractivity contribution is -0.143. The standard InChI is InChI=1S/C23H19ClF7N7/c1-12-32-34-20(37(12)11-14-4-5-17(25)9-18(14)24)19-21(36(2)3)38(35-33-19)10-13-6-15(22(26,27)28)8-16(7-13)23(29,30)31/h4-9H,10-11H2,1-3H3. The third kappa shape index (κ3) is 5.59. The first-order valence-electron chi connectivity index (χ1n) is 10.9. The predicted molar refractivity (Wildman–Crippen MR) is 124 cm³/mol. The normalized spacial score (nSPS) is 12.3. The van der Waals surface area contributed by atoms with Crippen LogP contribution in [-0.4, -0.2) is 43.9 Å². The summed E-state index contributed by atoms with van der Waals surface area (Å²) in [4.78, 5) is 1.55. The van der Waals surface area contributed by atoms with Gasteiger partial charge in [0.05, 0.1) is 24.2 Å². The van der Waals surface area contributed by atoms with Crippen molar-refractivity contribution in [3.05, 3.63) is 75.3 Å². The zero-order valence-corrected chi connectivity index (χ0v) is 20.8. The van der Waals surface area contributed by atoms with Crippen molar-refractivity contribution in [3.8, 4) is 11.5 Å². The van der Waals surface area contributed by atoms with E-state index in [0.29, 0.717) is 23.5 Å². The van der Waals surface area contributed by atoms with Crippen molar-refractivity contribution < 1.29 is 30.7 Å². The summed E-state index contributed by atoms with van der Waals surface area (Å²) < 4.78 is 96.2. The minimum Gasteiger partial charge on any atom is -0.361 e. The Morgan fingerprint density at radius 2 is 1.50 bits per heavy atom. The van der Waals surface area contributed by atoms with Gasteiger partial charge in [0.25, 0.3) is 0 Å². The van der Waals surface area contributed by atoms with Gasteiger partial charge in [-0.2, -0.15) is 26.3 Å². The molecule has 202 valence electrons. The maximum absolute atomic E-state index is 13.5. The van der Waals surface area contributed by atoms with Gasteiger partial charge in [0.15, 0.2) is 17.3 Å². The Morgan fingerprint density at radius 3 is 2.05 bits per heavy atom. The highest BCUT2D eigenvalue weighted by Crippen LogP contribution is 2.37. The lowest BCUT2D eigenvalue weighted by atomic mass is 10.0. The molecule has 0 aliphatic heterocycles. The van der Waals surface area contributed by atoms with Crippen LogP contribution in [0.2, 0.25) is 5.02 Å². The SMILES string of the molecule is Cc1nnc(-c2nnn(Cc3cc(C(F)(F)F)cc(C(F)(F)F)c3)c2N(C)C)n1Cc1ccc(F)cc1Cl. The zero-order chi connectivity index (χ0) is 28.0. The molecule has 0 radical (unpaired) electrons. The van der Waals surface area contributed by atoms with Gasteiger partial charge in [-0.1, -0.05) is 22.9 Å². The Balaban J connectivity index is 1.77. The van der Waals surface area contributed by atoms with Crippen LogP contribution in [0.3, 0.4) is 0 Å². The summed E-state index contributed by atoms with van der Waals surface area (Å²) >= 11 is 6.17. The van der Waals surface area contributed by atoms with E-state index < -0.39 is 35.8 Å². The Kier molecular flexibility index (Phi) is 7.12. The van der Waals surface area contributed by atoms with Crippen molar-refractivity contribution in [1.82, 2.24) is 29.8 Å². The van der Waals surface area contributed by atoms with Crippen LogP contribution >= 0.6 is 11.6 Å². The van der Waals surface area contributed by atoms with Gasteiger partial charge >= 0.3 is 12.4 Å². The van der Waals surface area contributed by atoms with E-state index in [1.165, 1.54) is 16.8 Å². The van der Waals surface area contributed by atoms with Crippen LogP contribution in [0.25, 0.3) is 11.5 Å². The molecule has 2 aromatic carbocycles. The topological polar surface area (TPSA) is 64.7 Å². The number of aromatic nitrogens is 6. The molecule has 0 aliphatic rings. The van der Waals surface area contributed by atoms with E-state index in [9.17, 15) is 30.7 Å². The first kappa shape index (κ1) is 27.4. The van der Waals surface area contributed by atoms with E-state index in [0.717, 1.165) is 6.07 Å². The summed E-state index contributed by atoms with van der Waals surface area (Å²) in [5.74, 6) is 0.417. The minimum atomic E-state index is -4.98. The summed E-state index contributed by atoms with van der Waals surface area (Å²) in [6, 6.07) is 5.23. The molecule has 7 nitrogen and oxygen atoms in total. The fraction of sp³-hybridized carbons (Fsp3) is 0.304. The molecule has 0 N–H and O–H groups in total. The fourth-order valence-corrected chi connectivity index (χ4v) is 4.08. The average Bonchev–Trinajstić information content (AvgIpc) is 3.37. The fourth-order valence-electron chi connectivity index (χ4n) is 3.85. The van der Waals surface area contributed by atoms with Gasteiger partial charge in [0.2, 0.25) is 0 Å². The van der Waals surface area contributed by atoms with E-state index in [-0.39, 0.29) is 40.5 Å². The maximum atomic E-state index is 13.5. The molecule has 4 rings (SSSR count). The van der Waals surface area contributed by atoms with Gasteiger partial charge in [0.1, 0.15) is 11.6 Å². The summed E-state index contributed by atoms with van der Waals surface area (Å²) in [7, 11) is 3.22. The second-order valence-corrected chi connectivity index (χ2v) is 9.03. The highest BCUT2D eigenvalue weighted by molar-refractivity contribution is 6.31. The maximum Gasteiger partial charge on any atom is 0.416 e. The number of halogens is 8. The molecule has 2 aromatic heterocycles. The third-order valence-electron chi connectivity index (χ3n) is 5.60. The van der Waals surface area contributed by atoms with Crippen molar-refractivity contribution in [1.29, 1.82) is 0 Å². The summed E-state index contributed by atoms with van der Waals surface area (Å²) in [5.41, 5.74) is -2.40. The molecule has 2 heterocycles. The molecule has 4 aromatic rings. The molecular formula is C23H19ClF7N7. The van der Waals surface area contributed by atoms with Crippen LogP contribution in [0.5, 0.6) is 0 Å². The van der Waals surface area contributed by atoms with Crippen molar-refractivity contribution >= 4 is 17.4 Å². The number of benzene rings is 2. The number of hydrogen-bond acceptors (Lipinski definition) is 5. The van der Waals surface area contributed by atoms with Gasteiger partial charge in [-0.05, 0) is 48.4 Å². The summed E-state index contributed by atoms with van der Waals surface area (Å²) in [6.45, 7) is 1.36. The summed E-state index contributed by atoms with van der Waals surface area (Å²) in [6.07, 6.45) is -9.97. The molecule has 0 atom stereocenters. The van der Waals surface area contributed by atoms with E-state index in [2.05, 4.69) is 20.5 Å². The van der Waals surface area contributed by atoms with Crippen LogP contribution < -0.4 is 4.90 Å². The Hall–Kier alpha value is -3.68. The molecule has 0 spiro atoms. The number of aryl methyl sites for hydroxylation is 1. The molecule has 38 heavy (non-hydrogen) atoms. The number of anilines is 1. The second-order valence-electron chi connectivity index (χ2n) is 8.62. The Morgan fingerprint density at radius 1 is 0.868 bits per heavy atom. The molecule has 0 unspecified atom stereocenters. The number of alkyl halides is 6. The van der Waals surface area contributed by atoms with E-state index in [4.69, 9.17) is 11.6 Å². The molecule has 0 saturated heterocycles. The number of rotatable bonds is 6. The first-order valence-corrected chi connectivity index (χ1v) is 11.3. The largest absolute Gasteiger partial charge is 0.416 e. The van der Waals surface area contributed by atoms with Crippen LogP contribution in [0.4, 0.5) is 36.6 Å². The van der Waals surface area contributed by atoms with Gasteiger partial charge in [-0.25, -0.2) is 9.07 Å². The molecule has 0 saturated carbocycles. The summed E-state index contributed by atoms with van der Waals surface area (Å²) in [5, 5.41) is 16.5. The van der Waals surface area contributed by atoms with Crippen molar-refractivity contribution in [3.63, 3.8) is 0 Å². The predicted octanol–water partition coefficient (Wildman–Crippen LogP) is 5.84. The monoisotopic (exact) mass is 561 g/mol. The van der Waals surface area contributed by atoms with Gasteiger partial charge in [-0.3, -0.25) is 0 Å². The minimum absolute atomic E-state index is 0.0644. The van der Waals surface area contributed by atoms with E-state index >= 15 is 0 Å². The molecule has 0 bridgehead atoms. The molecule has 0 fully saturated rings. The Bertz CT molecular complexity index is 1440. The molecule has 0 amide bonds. The molecule has 0 aliphatic carbocycles. The lowest BCUT2D eigenvalue weighted by Crippen LogP contribution is -2.18.